The van der Waals surface area contributed by atoms with Gasteiger partial charge in [0.15, 0.2) is 5.12 Å². The highest BCUT2D eigenvalue weighted by atomic mass is 32.2. The number of thioether (sulfide) groups is 1. The molecule has 1 aromatic rings. The Morgan fingerprint density at radius 2 is 2.22 bits per heavy atom. The first kappa shape index (κ1) is 14.8. The Bertz CT molecular complexity index is 430. The van der Waals surface area contributed by atoms with Crippen LogP contribution in [0.2, 0.25) is 0 Å². The molecule has 0 bridgehead atoms. The van der Waals surface area contributed by atoms with Gasteiger partial charge in [0, 0.05) is 18.7 Å². The van der Waals surface area contributed by atoms with E-state index in [1.54, 1.807) is 13.0 Å². The quantitative estimate of drug-likeness (QED) is 0.732. The molecular weight excluding hydrogens is 251 g/mol. The maximum absolute atomic E-state index is 13.3. The highest BCUT2D eigenvalue weighted by molar-refractivity contribution is 8.13. The van der Waals surface area contributed by atoms with Gasteiger partial charge in [0.1, 0.15) is 11.6 Å². The van der Waals surface area contributed by atoms with Crippen molar-refractivity contribution in [1.82, 2.24) is 0 Å². The molecule has 0 radical (unpaired) electrons. The smallest absolute Gasteiger partial charge is 0.185 e. The Kier molecular flexibility index (Phi) is 6.50. The molecule has 1 rings (SSSR count). The molecule has 0 N–H and O–H groups in total. The average Bonchev–Trinajstić information content (AvgIpc) is 2.28. The summed E-state index contributed by atoms with van der Waals surface area (Å²) in [5, 5.41) is 0.118. The number of rotatable bonds is 6. The minimum Gasteiger partial charge on any atom is -0.494 e. The van der Waals surface area contributed by atoms with Crippen LogP contribution in [-0.4, -0.2) is 17.5 Å². The van der Waals surface area contributed by atoms with E-state index in [2.05, 4.69) is 0 Å². The van der Waals surface area contributed by atoms with E-state index in [0.29, 0.717) is 12.4 Å². The van der Waals surface area contributed by atoms with Crippen LogP contribution >= 0.6 is 11.8 Å². The zero-order chi connectivity index (χ0) is 13.4. The van der Waals surface area contributed by atoms with Crippen molar-refractivity contribution >= 4 is 23.0 Å². The third-order valence-electron chi connectivity index (χ3n) is 2.10. The molecule has 0 saturated heterocycles. The molecule has 4 heteroatoms. The molecule has 98 valence electrons. The SMILES string of the molecule is CCOc1cc(F)cc(C=CCCSC(C)=O)c1. The number of carbonyl (C=O) groups is 1. The fourth-order valence-corrected chi connectivity index (χ4v) is 1.96. The summed E-state index contributed by atoms with van der Waals surface area (Å²) in [6.45, 7) is 3.93. The van der Waals surface area contributed by atoms with Crippen LogP contribution in [0.4, 0.5) is 4.39 Å². The summed E-state index contributed by atoms with van der Waals surface area (Å²) >= 11 is 1.29. The first-order chi connectivity index (χ1) is 8.61. The van der Waals surface area contributed by atoms with Crippen LogP contribution in [0, 0.1) is 5.82 Å². The van der Waals surface area contributed by atoms with Gasteiger partial charge >= 0.3 is 0 Å². The van der Waals surface area contributed by atoms with Crippen molar-refractivity contribution in [2.75, 3.05) is 12.4 Å². The fraction of sp³-hybridized carbons (Fsp3) is 0.357. The molecule has 0 saturated carbocycles. The van der Waals surface area contributed by atoms with Gasteiger partial charge in [0.05, 0.1) is 6.61 Å². The van der Waals surface area contributed by atoms with Gasteiger partial charge in [-0.3, -0.25) is 4.79 Å². The second-order valence-electron chi connectivity index (χ2n) is 3.68. The number of halogens is 1. The van der Waals surface area contributed by atoms with E-state index < -0.39 is 0 Å². The van der Waals surface area contributed by atoms with E-state index in [1.165, 1.54) is 23.9 Å². The lowest BCUT2D eigenvalue weighted by molar-refractivity contribution is -0.109. The predicted molar refractivity (Wildman–Crippen MR) is 74.4 cm³/mol. The Balaban J connectivity index is 2.55. The predicted octanol–water partition coefficient (Wildman–Crippen LogP) is 3.91. The van der Waals surface area contributed by atoms with Crippen molar-refractivity contribution in [2.24, 2.45) is 0 Å². The van der Waals surface area contributed by atoms with Gasteiger partial charge in [-0.2, -0.15) is 0 Å². The number of carbonyl (C=O) groups excluding carboxylic acids is 1. The van der Waals surface area contributed by atoms with E-state index >= 15 is 0 Å². The van der Waals surface area contributed by atoms with Crippen LogP contribution in [0.3, 0.4) is 0 Å². The summed E-state index contributed by atoms with van der Waals surface area (Å²) in [7, 11) is 0. The van der Waals surface area contributed by atoms with Crippen molar-refractivity contribution in [3.63, 3.8) is 0 Å². The van der Waals surface area contributed by atoms with Crippen LogP contribution in [0.25, 0.3) is 6.08 Å². The molecule has 0 amide bonds. The molecule has 0 spiro atoms. The first-order valence-electron chi connectivity index (χ1n) is 5.85. The number of hydrogen-bond acceptors (Lipinski definition) is 3. The second kappa shape index (κ2) is 7.93. The van der Waals surface area contributed by atoms with Gasteiger partial charge in [-0.25, -0.2) is 4.39 Å². The van der Waals surface area contributed by atoms with Crippen LogP contribution in [0.1, 0.15) is 25.8 Å². The molecule has 0 aliphatic rings. The Morgan fingerprint density at radius 3 is 2.89 bits per heavy atom. The minimum absolute atomic E-state index is 0.118. The number of hydrogen-bond donors (Lipinski definition) is 0. The van der Waals surface area contributed by atoms with E-state index in [4.69, 9.17) is 4.74 Å². The summed E-state index contributed by atoms with van der Waals surface area (Å²) in [5.41, 5.74) is 0.770. The number of ether oxygens (including phenoxy) is 1. The molecule has 0 heterocycles. The highest BCUT2D eigenvalue weighted by Crippen LogP contribution is 2.18. The van der Waals surface area contributed by atoms with Crippen LogP contribution in [-0.2, 0) is 4.79 Å². The molecule has 0 aliphatic heterocycles. The molecule has 0 atom stereocenters. The second-order valence-corrected chi connectivity index (χ2v) is 4.96. The fourth-order valence-electron chi connectivity index (χ4n) is 1.42. The third-order valence-corrected chi connectivity index (χ3v) is 2.95. The van der Waals surface area contributed by atoms with E-state index in [-0.39, 0.29) is 10.9 Å². The zero-order valence-corrected chi connectivity index (χ0v) is 11.4. The Hall–Kier alpha value is -1.29. The molecule has 18 heavy (non-hydrogen) atoms. The third kappa shape index (κ3) is 5.87. The largest absolute Gasteiger partial charge is 0.494 e. The molecular formula is C14H17FO2S. The molecule has 2 nitrogen and oxygen atoms in total. The van der Waals surface area contributed by atoms with Crippen molar-refractivity contribution in [3.05, 3.63) is 35.7 Å². The molecule has 0 unspecified atom stereocenters. The van der Waals surface area contributed by atoms with Gasteiger partial charge in [0.25, 0.3) is 0 Å². The minimum atomic E-state index is -0.307. The van der Waals surface area contributed by atoms with Crippen LogP contribution < -0.4 is 4.74 Å². The topological polar surface area (TPSA) is 26.3 Å². The monoisotopic (exact) mass is 268 g/mol. The van der Waals surface area contributed by atoms with E-state index in [9.17, 15) is 9.18 Å². The van der Waals surface area contributed by atoms with Crippen molar-refractivity contribution in [3.8, 4) is 5.75 Å². The van der Waals surface area contributed by atoms with Crippen molar-refractivity contribution in [2.45, 2.75) is 20.3 Å². The molecule has 0 aliphatic carbocycles. The summed E-state index contributed by atoms with van der Waals surface area (Å²) in [5.74, 6) is 0.980. The zero-order valence-electron chi connectivity index (χ0n) is 10.6. The van der Waals surface area contributed by atoms with Gasteiger partial charge in [-0.1, -0.05) is 23.9 Å². The maximum atomic E-state index is 13.3. The highest BCUT2D eigenvalue weighted by Gasteiger charge is 1.99. The summed E-state index contributed by atoms with van der Waals surface area (Å²) < 4.78 is 18.5. The normalized spacial score (nSPS) is 10.8. The van der Waals surface area contributed by atoms with Crippen LogP contribution in [0.15, 0.2) is 24.3 Å². The van der Waals surface area contributed by atoms with Crippen molar-refractivity contribution in [1.29, 1.82) is 0 Å². The van der Waals surface area contributed by atoms with E-state index in [0.717, 1.165) is 17.7 Å². The summed E-state index contributed by atoms with van der Waals surface area (Å²) in [6.07, 6.45) is 4.55. The molecule has 1 aromatic carbocycles. The maximum Gasteiger partial charge on any atom is 0.185 e. The lowest BCUT2D eigenvalue weighted by Crippen LogP contribution is -1.92. The lowest BCUT2D eigenvalue weighted by atomic mass is 10.2. The first-order valence-corrected chi connectivity index (χ1v) is 6.83. The van der Waals surface area contributed by atoms with Crippen LogP contribution in [0.5, 0.6) is 5.75 Å². The van der Waals surface area contributed by atoms with Gasteiger partial charge < -0.3 is 4.74 Å². The van der Waals surface area contributed by atoms with Crippen molar-refractivity contribution < 1.29 is 13.9 Å². The number of allylic oxidation sites excluding steroid dienone is 1. The summed E-state index contributed by atoms with van der Waals surface area (Å²) in [4.78, 5) is 10.7. The Morgan fingerprint density at radius 1 is 1.44 bits per heavy atom. The van der Waals surface area contributed by atoms with Gasteiger partial charge in [0.2, 0.25) is 0 Å². The molecule has 0 aromatic heterocycles. The van der Waals surface area contributed by atoms with Gasteiger partial charge in [-0.05, 0) is 31.0 Å². The lowest BCUT2D eigenvalue weighted by Gasteiger charge is -2.04. The van der Waals surface area contributed by atoms with E-state index in [1.807, 2.05) is 19.1 Å². The number of benzene rings is 1. The van der Waals surface area contributed by atoms with Gasteiger partial charge in [-0.15, -0.1) is 0 Å². The average molecular weight is 268 g/mol. The standard InChI is InChI=1S/C14H17FO2S/c1-3-17-14-9-12(8-13(15)10-14)6-4-5-7-18-11(2)16/h4,6,8-10H,3,5,7H2,1-2H3. The Labute approximate surface area is 111 Å². The molecule has 0 fully saturated rings. The summed E-state index contributed by atoms with van der Waals surface area (Å²) in [6, 6.07) is 4.62.